The van der Waals surface area contributed by atoms with Crippen LogP contribution in [0.2, 0.25) is 0 Å². The molecule has 0 aliphatic carbocycles. The first-order valence-electron chi connectivity index (χ1n) is 8.46. The standard InChI is InChI=1S/C19H21FN2O4/c1-25-17-7-2-13(12-21-17)18(19(23)24)22-10-8-16(9-11-22)26-15-5-3-14(20)4-6-15/h2-7,12,16,18H,8-11H2,1H3,(H,23,24)/t18-/m1/s1. The van der Waals surface area contributed by atoms with Crippen molar-refractivity contribution in [3.05, 3.63) is 54.0 Å². The van der Waals surface area contributed by atoms with Crippen molar-refractivity contribution in [3.8, 4) is 11.6 Å². The molecule has 0 amide bonds. The van der Waals surface area contributed by atoms with Crippen LogP contribution < -0.4 is 9.47 Å². The summed E-state index contributed by atoms with van der Waals surface area (Å²) >= 11 is 0. The number of carbonyl (C=O) groups is 1. The van der Waals surface area contributed by atoms with E-state index >= 15 is 0 Å². The van der Waals surface area contributed by atoms with Crippen LogP contribution in [0.15, 0.2) is 42.6 Å². The van der Waals surface area contributed by atoms with E-state index in [1.165, 1.54) is 19.2 Å². The third-order valence-electron chi connectivity index (χ3n) is 4.48. The summed E-state index contributed by atoms with van der Waals surface area (Å²) in [7, 11) is 1.52. The lowest BCUT2D eigenvalue weighted by Crippen LogP contribution is -2.43. The zero-order valence-corrected chi connectivity index (χ0v) is 14.5. The second kappa shape index (κ2) is 8.14. The third kappa shape index (κ3) is 4.29. The van der Waals surface area contributed by atoms with Crippen molar-refractivity contribution in [2.24, 2.45) is 0 Å². The lowest BCUT2D eigenvalue weighted by atomic mass is 10.0. The zero-order chi connectivity index (χ0) is 18.5. The van der Waals surface area contributed by atoms with E-state index in [-0.39, 0.29) is 11.9 Å². The van der Waals surface area contributed by atoms with Crippen molar-refractivity contribution in [1.29, 1.82) is 0 Å². The highest BCUT2D eigenvalue weighted by Gasteiger charge is 2.31. The lowest BCUT2D eigenvalue weighted by Gasteiger charge is -2.35. The number of benzene rings is 1. The van der Waals surface area contributed by atoms with E-state index in [2.05, 4.69) is 4.98 Å². The number of methoxy groups -OCH3 is 1. The van der Waals surface area contributed by atoms with Crippen molar-refractivity contribution in [1.82, 2.24) is 9.88 Å². The number of halogens is 1. The van der Waals surface area contributed by atoms with Gasteiger partial charge in [-0.25, -0.2) is 9.37 Å². The Labute approximate surface area is 151 Å². The summed E-state index contributed by atoms with van der Waals surface area (Å²) in [6.07, 6.45) is 2.92. The lowest BCUT2D eigenvalue weighted by molar-refractivity contribution is -0.144. The SMILES string of the molecule is COc1ccc([C@H](C(=O)O)N2CCC(Oc3ccc(F)cc3)CC2)cn1. The Bertz CT molecular complexity index is 728. The number of pyridine rings is 1. The number of carboxylic acid groups (broad SMARTS) is 1. The molecule has 1 aromatic carbocycles. The molecule has 0 spiro atoms. The fourth-order valence-electron chi connectivity index (χ4n) is 3.14. The largest absolute Gasteiger partial charge is 0.490 e. The van der Waals surface area contributed by atoms with Crippen LogP contribution in [0.5, 0.6) is 11.6 Å². The van der Waals surface area contributed by atoms with Crippen LogP contribution in [0.4, 0.5) is 4.39 Å². The fourth-order valence-corrected chi connectivity index (χ4v) is 3.14. The Hall–Kier alpha value is -2.67. The summed E-state index contributed by atoms with van der Waals surface area (Å²) in [6, 6.07) is 8.57. The Morgan fingerprint density at radius 3 is 2.46 bits per heavy atom. The van der Waals surface area contributed by atoms with E-state index in [4.69, 9.17) is 9.47 Å². The molecule has 1 saturated heterocycles. The monoisotopic (exact) mass is 360 g/mol. The molecule has 3 rings (SSSR count). The van der Waals surface area contributed by atoms with Gasteiger partial charge in [-0.3, -0.25) is 9.69 Å². The maximum atomic E-state index is 13.0. The van der Waals surface area contributed by atoms with Crippen molar-refractivity contribution >= 4 is 5.97 Å². The molecule has 138 valence electrons. The minimum atomic E-state index is -0.908. The Morgan fingerprint density at radius 2 is 1.92 bits per heavy atom. The number of nitrogens with zero attached hydrogens (tertiary/aromatic N) is 2. The molecule has 1 fully saturated rings. The minimum absolute atomic E-state index is 0.0138. The van der Waals surface area contributed by atoms with Gasteiger partial charge in [0, 0.05) is 25.4 Å². The summed E-state index contributed by atoms with van der Waals surface area (Å²) in [5.74, 6) is -0.136. The summed E-state index contributed by atoms with van der Waals surface area (Å²) < 4.78 is 23.8. The van der Waals surface area contributed by atoms with Gasteiger partial charge < -0.3 is 14.6 Å². The van der Waals surface area contributed by atoms with Crippen LogP contribution in [0.1, 0.15) is 24.4 Å². The van der Waals surface area contributed by atoms with E-state index in [0.29, 0.717) is 43.1 Å². The normalized spacial score (nSPS) is 16.8. The molecule has 2 aromatic rings. The molecule has 7 heteroatoms. The number of hydrogen-bond donors (Lipinski definition) is 1. The van der Waals surface area contributed by atoms with E-state index in [9.17, 15) is 14.3 Å². The summed E-state index contributed by atoms with van der Waals surface area (Å²) in [5.41, 5.74) is 0.621. The van der Waals surface area contributed by atoms with Gasteiger partial charge in [-0.05, 0) is 48.7 Å². The summed E-state index contributed by atoms with van der Waals surface area (Å²) in [5, 5.41) is 9.67. The molecule has 1 atom stereocenters. The van der Waals surface area contributed by atoms with Gasteiger partial charge in [-0.15, -0.1) is 0 Å². The van der Waals surface area contributed by atoms with E-state index in [1.807, 2.05) is 4.90 Å². The van der Waals surface area contributed by atoms with Gasteiger partial charge in [0.15, 0.2) is 0 Å². The van der Waals surface area contributed by atoms with Crippen LogP contribution in [0.3, 0.4) is 0 Å². The predicted molar refractivity (Wildman–Crippen MR) is 92.8 cm³/mol. The van der Waals surface area contributed by atoms with Crippen molar-refractivity contribution in [3.63, 3.8) is 0 Å². The quantitative estimate of drug-likeness (QED) is 0.854. The number of likely N-dealkylation sites (tertiary alicyclic amines) is 1. The molecule has 1 aliphatic rings. The van der Waals surface area contributed by atoms with Crippen molar-refractivity contribution < 1.29 is 23.8 Å². The molecule has 2 heterocycles. The van der Waals surface area contributed by atoms with Gasteiger partial charge in [0.1, 0.15) is 23.7 Å². The Balaban J connectivity index is 1.62. The van der Waals surface area contributed by atoms with Crippen LogP contribution in [0, 0.1) is 5.82 Å². The molecule has 6 nitrogen and oxygen atoms in total. The number of hydrogen-bond acceptors (Lipinski definition) is 5. The molecule has 1 N–H and O–H groups in total. The minimum Gasteiger partial charge on any atom is -0.490 e. The van der Waals surface area contributed by atoms with Gasteiger partial charge in [-0.1, -0.05) is 0 Å². The first-order chi connectivity index (χ1) is 12.6. The molecule has 0 saturated carbocycles. The fraction of sp³-hybridized carbons (Fsp3) is 0.368. The van der Waals surface area contributed by atoms with E-state index < -0.39 is 12.0 Å². The van der Waals surface area contributed by atoms with Gasteiger partial charge >= 0.3 is 5.97 Å². The number of piperidine rings is 1. The highest BCUT2D eigenvalue weighted by atomic mass is 19.1. The Morgan fingerprint density at radius 1 is 1.23 bits per heavy atom. The summed E-state index contributed by atoms with van der Waals surface area (Å²) in [6.45, 7) is 1.18. The molecule has 0 bridgehead atoms. The topological polar surface area (TPSA) is 71.9 Å². The first-order valence-corrected chi connectivity index (χ1v) is 8.46. The number of carboxylic acids is 1. The summed E-state index contributed by atoms with van der Waals surface area (Å²) in [4.78, 5) is 17.8. The first kappa shape index (κ1) is 18.1. The van der Waals surface area contributed by atoms with E-state index in [0.717, 1.165) is 0 Å². The molecule has 1 aromatic heterocycles. The van der Waals surface area contributed by atoms with Gasteiger partial charge in [-0.2, -0.15) is 0 Å². The van der Waals surface area contributed by atoms with Gasteiger partial charge in [0.2, 0.25) is 5.88 Å². The molecular formula is C19H21FN2O4. The molecule has 1 aliphatic heterocycles. The van der Waals surface area contributed by atoms with Crippen molar-refractivity contribution in [2.75, 3.05) is 20.2 Å². The Kier molecular flexibility index (Phi) is 5.68. The highest BCUT2D eigenvalue weighted by molar-refractivity contribution is 5.75. The zero-order valence-electron chi connectivity index (χ0n) is 14.5. The molecule has 0 radical (unpaired) electrons. The van der Waals surface area contributed by atoms with E-state index in [1.54, 1.807) is 30.5 Å². The molecule has 26 heavy (non-hydrogen) atoms. The maximum absolute atomic E-state index is 13.0. The number of rotatable bonds is 6. The van der Waals surface area contributed by atoms with Gasteiger partial charge in [0.25, 0.3) is 0 Å². The average Bonchev–Trinajstić information content (AvgIpc) is 2.65. The number of aliphatic carboxylic acids is 1. The average molecular weight is 360 g/mol. The molecular weight excluding hydrogens is 339 g/mol. The number of aromatic nitrogens is 1. The van der Waals surface area contributed by atoms with Crippen LogP contribution >= 0.6 is 0 Å². The van der Waals surface area contributed by atoms with Crippen LogP contribution in [-0.2, 0) is 4.79 Å². The number of ether oxygens (including phenoxy) is 2. The maximum Gasteiger partial charge on any atom is 0.325 e. The third-order valence-corrected chi connectivity index (χ3v) is 4.48. The van der Waals surface area contributed by atoms with Crippen molar-refractivity contribution in [2.45, 2.75) is 25.0 Å². The van der Waals surface area contributed by atoms with Crippen LogP contribution in [0.25, 0.3) is 0 Å². The second-order valence-corrected chi connectivity index (χ2v) is 6.18. The molecule has 0 unspecified atom stereocenters. The second-order valence-electron chi connectivity index (χ2n) is 6.18. The highest BCUT2D eigenvalue weighted by Crippen LogP contribution is 2.27. The smallest absolute Gasteiger partial charge is 0.325 e. The van der Waals surface area contributed by atoms with Gasteiger partial charge in [0.05, 0.1) is 7.11 Å². The predicted octanol–water partition coefficient (Wildman–Crippen LogP) is 2.90. The van der Waals surface area contributed by atoms with Crippen LogP contribution in [-0.4, -0.2) is 47.3 Å².